The van der Waals surface area contributed by atoms with Gasteiger partial charge in [0.15, 0.2) is 0 Å². The Morgan fingerprint density at radius 2 is 1.92 bits per heavy atom. The molecule has 1 saturated carbocycles. The molecule has 0 aromatic heterocycles. The van der Waals surface area contributed by atoms with E-state index < -0.39 is 0 Å². The number of nitrogens with one attached hydrogen (secondary N) is 2. The largest absolute Gasteiger partial charge is 0.310 e. The normalized spacial score (nSPS) is 37.4. The van der Waals surface area contributed by atoms with Gasteiger partial charge in [-0.3, -0.25) is 0 Å². The summed E-state index contributed by atoms with van der Waals surface area (Å²) in [5, 5.41) is 7.31. The van der Waals surface area contributed by atoms with Crippen LogP contribution in [0.1, 0.15) is 46.0 Å². The van der Waals surface area contributed by atoms with Gasteiger partial charge in [-0.2, -0.15) is 0 Å². The standard InChI is InChI=1S/C11H22N2/c1-10(5-3-6-10)13-9-11(2)7-4-8-12-11/h12-13H,3-9H2,1-2H3. The predicted molar refractivity (Wildman–Crippen MR) is 55.9 cm³/mol. The minimum atomic E-state index is 0.374. The molecule has 2 aliphatic rings. The second-order valence-electron chi connectivity index (χ2n) is 5.36. The molecule has 1 aliphatic heterocycles. The molecule has 1 atom stereocenters. The highest BCUT2D eigenvalue weighted by atomic mass is 15.1. The third kappa shape index (κ3) is 2.05. The molecule has 0 radical (unpaired) electrons. The lowest BCUT2D eigenvalue weighted by molar-refractivity contribution is 0.188. The van der Waals surface area contributed by atoms with Gasteiger partial charge in [-0.15, -0.1) is 0 Å². The van der Waals surface area contributed by atoms with Crippen molar-refractivity contribution in [3.05, 3.63) is 0 Å². The lowest BCUT2D eigenvalue weighted by Gasteiger charge is -2.42. The molecule has 0 aromatic carbocycles. The highest BCUT2D eigenvalue weighted by molar-refractivity contribution is 4.97. The van der Waals surface area contributed by atoms with Crippen LogP contribution >= 0.6 is 0 Å². The molecule has 1 unspecified atom stereocenters. The fourth-order valence-electron chi connectivity index (χ4n) is 2.40. The van der Waals surface area contributed by atoms with Crippen LogP contribution in [0.25, 0.3) is 0 Å². The van der Waals surface area contributed by atoms with E-state index in [1.165, 1.54) is 38.6 Å². The van der Waals surface area contributed by atoms with Crippen molar-refractivity contribution in [2.24, 2.45) is 0 Å². The first kappa shape index (κ1) is 9.47. The molecule has 2 N–H and O–H groups in total. The summed E-state index contributed by atoms with van der Waals surface area (Å²) in [6.07, 6.45) is 6.81. The smallest absolute Gasteiger partial charge is 0.0278 e. The van der Waals surface area contributed by atoms with Gasteiger partial charge in [-0.05, 0) is 52.5 Å². The molecule has 1 saturated heterocycles. The average molecular weight is 182 g/mol. The number of hydrogen-bond donors (Lipinski definition) is 2. The minimum Gasteiger partial charge on any atom is -0.310 e. The van der Waals surface area contributed by atoms with E-state index in [-0.39, 0.29) is 0 Å². The van der Waals surface area contributed by atoms with E-state index in [0.29, 0.717) is 11.1 Å². The lowest BCUT2D eigenvalue weighted by atomic mass is 9.78. The van der Waals surface area contributed by atoms with Crippen LogP contribution in [0.2, 0.25) is 0 Å². The Balaban J connectivity index is 1.77. The van der Waals surface area contributed by atoms with E-state index in [9.17, 15) is 0 Å². The molecule has 2 heteroatoms. The molecule has 2 fully saturated rings. The third-order valence-electron chi connectivity index (χ3n) is 3.82. The van der Waals surface area contributed by atoms with Crippen molar-refractivity contribution < 1.29 is 0 Å². The third-order valence-corrected chi connectivity index (χ3v) is 3.82. The van der Waals surface area contributed by atoms with Gasteiger partial charge in [-0.25, -0.2) is 0 Å². The summed E-state index contributed by atoms with van der Waals surface area (Å²) < 4.78 is 0. The first-order chi connectivity index (χ1) is 6.12. The fourth-order valence-corrected chi connectivity index (χ4v) is 2.40. The molecule has 0 bridgehead atoms. The number of rotatable bonds is 3. The van der Waals surface area contributed by atoms with Gasteiger partial charge in [0.25, 0.3) is 0 Å². The molecule has 2 nitrogen and oxygen atoms in total. The zero-order valence-corrected chi connectivity index (χ0v) is 8.95. The topological polar surface area (TPSA) is 24.1 Å². The van der Waals surface area contributed by atoms with Crippen molar-refractivity contribution in [2.75, 3.05) is 13.1 Å². The lowest BCUT2D eigenvalue weighted by Crippen LogP contribution is -2.55. The molecule has 2 rings (SSSR count). The first-order valence-electron chi connectivity index (χ1n) is 5.62. The summed E-state index contributed by atoms with van der Waals surface area (Å²) in [7, 11) is 0. The van der Waals surface area contributed by atoms with Crippen molar-refractivity contribution in [1.82, 2.24) is 10.6 Å². The van der Waals surface area contributed by atoms with E-state index in [0.717, 1.165) is 6.54 Å². The Bertz CT molecular complexity index is 179. The Labute approximate surface area is 81.5 Å². The predicted octanol–water partition coefficient (Wildman–Crippen LogP) is 1.66. The van der Waals surface area contributed by atoms with Crippen LogP contribution in [0.4, 0.5) is 0 Å². The van der Waals surface area contributed by atoms with Gasteiger partial charge >= 0.3 is 0 Å². The summed E-state index contributed by atoms with van der Waals surface area (Å²) >= 11 is 0. The zero-order valence-electron chi connectivity index (χ0n) is 8.95. The molecule has 0 spiro atoms. The van der Waals surface area contributed by atoms with Crippen LogP contribution in [0.5, 0.6) is 0 Å². The van der Waals surface area contributed by atoms with Crippen molar-refractivity contribution >= 4 is 0 Å². The van der Waals surface area contributed by atoms with Crippen molar-refractivity contribution in [3.8, 4) is 0 Å². The van der Waals surface area contributed by atoms with E-state index in [1.807, 2.05) is 0 Å². The summed E-state index contributed by atoms with van der Waals surface area (Å²) in [6, 6.07) is 0. The van der Waals surface area contributed by atoms with Crippen molar-refractivity contribution in [3.63, 3.8) is 0 Å². The minimum absolute atomic E-state index is 0.374. The van der Waals surface area contributed by atoms with Crippen LogP contribution < -0.4 is 10.6 Å². The summed E-state index contributed by atoms with van der Waals surface area (Å²) in [6.45, 7) is 7.04. The maximum absolute atomic E-state index is 3.72. The van der Waals surface area contributed by atoms with Gasteiger partial charge in [-0.1, -0.05) is 0 Å². The van der Waals surface area contributed by atoms with E-state index in [4.69, 9.17) is 0 Å². The molecule has 76 valence electrons. The molecule has 1 heterocycles. The quantitative estimate of drug-likeness (QED) is 0.693. The van der Waals surface area contributed by atoms with Crippen LogP contribution in [-0.2, 0) is 0 Å². The average Bonchev–Trinajstić information content (AvgIpc) is 2.46. The highest BCUT2D eigenvalue weighted by Gasteiger charge is 2.35. The van der Waals surface area contributed by atoms with Gasteiger partial charge in [0.1, 0.15) is 0 Å². The maximum Gasteiger partial charge on any atom is 0.0278 e. The monoisotopic (exact) mass is 182 g/mol. The summed E-state index contributed by atoms with van der Waals surface area (Å²) in [5.41, 5.74) is 0.839. The van der Waals surface area contributed by atoms with Crippen LogP contribution in [-0.4, -0.2) is 24.2 Å². The number of hydrogen-bond acceptors (Lipinski definition) is 2. The molecule has 0 aromatic rings. The van der Waals surface area contributed by atoms with Crippen LogP contribution in [0, 0.1) is 0 Å². The van der Waals surface area contributed by atoms with E-state index in [1.54, 1.807) is 0 Å². The maximum atomic E-state index is 3.72. The molecule has 1 aliphatic carbocycles. The molecular formula is C11H22N2. The molecular weight excluding hydrogens is 160 g/mol. The van der Waals surface area contributed by atoms with E-state index >= 15 is 0 Å². The van der Waals surface area contributed by atoms with Crippen molar-refractivity contribution in [1.29, 1.82) is 0 Å². The van der Waals surface area contributed by atoms with Crippen molar-refractivity contribution in [2.45, 2.75) is 57.0 Å². The summed E-state index contributed by atoms with van der Waals surface area (Å²) in [4.78, 5) is 0. The summed E-state index contributed by atoms with van der Waals surface area (Å²) in [5.74, 6) is 0. The second-order valence-corrected chi connectivity index (χ2v) is 5.36. The SMILES string of the molecule is CC1(NCC2(C)CCCN2)CCC1. The highest BCUT2D eigenvalue weighted by Crippen LogP contribution is 2.31. The molecule has 13 heavy (non-hydrogen) atoms. The van der Waals surface area contributed by atoms with Gasteiger partial charge < -0.3 is 10.6 Å². The Kier molecular flexibility index (Phi) is 2.37. The molecule has 0 amide bonds. The first-order valence-corrected chi connectivity index (χ1v) is 5.62. The van der Waals surface area contributed by atoms with Gasteiger partial charge in [0.2, 0.25) is 0 Å². The zero-order chi connectivity index (χ0) is 9.36. The second kappa shape index (κ2) is 3.25. The Morgan fingerprint density at radius 1 is 1.15 bits per heavy atom. The van der Waals surface area contributed by atoms with Gasteiger partial charge in [0, 0.05) is 17.6 Å². The fraction of sp³-hybridized carbons (Fsp3) is 1.00. The van der Waals surface area contributed by atoms with E-state index in [2.05, 4.69) is 24.5 Å². The van der Waals surface area contributed by atoms with Gasteiger partial charge in [0.05, 0.1) is 0 Å². The van der Waals surface area contributed by atoms with Crippen LogP contribution in [0.15, 0.2) is 0 Å². The Hall–Kier alpha value is -0.0800. The van der Waals surface area contributed by atoms with Crippen LogP contribution in [0.3, 0.4) is 0 Å². The Morgan fingerprint density at radius 3 is 2.38 bits per heavy atom.